The lowest BCUT2D eigenvalue weighted by atomic mass is 10.2. The maximum atomic E-state index is 13.6. The van der Waals surface area contributed by atoms with Crippen molar-refractivity contribution in [1.82, 2.24) is 5.43 Å². The van der Waals surface area contributed by atoms with E-state index >= 15 is 0 Å². The van der Waals surface area contributed by atoms with Crippen molar-refractivity contribution >= 4 is 39.4 Å². The highest BCUT2D eigenvalue weighted by Gasteiger charge is 2.27. The van der Waals surface area contributed by atoms with Crippen LogP contribution in [0, 0.1) is 13.8 Å². The van der Waals surface area contributed by atoms with Gasteiger partial charge in [0, 0.05) is 5.02 Å². The average Bonchev–Trinajstić information content (AvgIpc) is 2.96. The van der Waals surface area contributed by atoms with Gasteiger partial charge in [-0.1, -0.05) is 53.6 Å². The Labute approximate surface area is 251 Å². The van der Waals surface area contributed by atoms with Crippen molar-refractivity contribution < 1.29 is 22.7 Å². The number of rotatable bonds is 12. The van der Waals surface area contributed by atoms with Crippen LogP contribution < -0.4 is 19.2 Å². The molecule has 0 aliphatic rings. The molecule has 0 bridgehead atoms. The summed E-state index contributed by atoms with van der Waals surface area (Å²) in [6.07, 6.45) is 1.45. The number of amides is 1. The van der Waals surface area contributed by atoms with Gasteiger partial charge in [0.25, 0.3) is 15.9 Å². The van der Waals surface area contributed by atoms with Gasteiger partial charge in [0.05, 0.1) is 23.4 Å². The van der Waals surface area contributed by atoms with Crippen molar-refractivity contribution in [3.63, 3.8) is 0 Å². The van der Waals surface area contributed by atoms with Gasteiger partial charge in [-0.2, -0.15) is 5.10 Å². The third-order valence-corrected chi connectivity index (χ3v) is 8.16. The molecule has 10 heteroatoms. The number of ether oxygens (including phenoxy) is 2. The van der Waals surface area contributed by atoms with E-state index < -0.39 is 22.5 Å². The maximum Gasteiger partial charge on any atom is 0.264 e. The van der Waals surface area contributed by atoms with Gasteiger partial charge in [0.1, 0.15) is 13.2 Å². The second kappa shape index (κ2) is 14.0. The zero-order chi connectivity index (χ0) is 30.1. The summed E-state index contributed by atoms with van der Waals surface area (Å²) in [5.41, 5.74) is 6.17. The number of hydrogen-bond donors (Lipinski definition) is 1. The van der Waals surface area contributed by atoms with Crippen LogP contribution in [0.1, 0.15) is 29.2 Å². The van der Waals surface area contributed by atoms with Gasteiger partial charge in [-0.3, -0.25) is 9.10 Å². The van der Waals surface area contributed by atoms with Crippen molar-refractivity contribution in [2.24, 2.45) is 5.10 Å². The fourth-order valence-electron chi connectivity index (χ4n) is 4.06. The van der Waals surface area contributed by atoms with Crippen LogP contribution in [0.4, 0.5) is 5.69 Å². The number of carbonyl (C=O) groups is 1. The molecule has 0 aromatic heterocycles. The lowest BCUT2D eigenvalue weighted by molar-refractivity contribution is -0.119. The van der Waals surface area contributed by atoms with Crippen molar-refractivity contribution in [2.45, 2.75) is 32.3 Å². The largest absolute Gasteiger partial charge is 0.490 e. The van der Waals surface area contributed by atoms with E-state index in [9.17, 15) is 13.2 Å². The Morgan fingerprint density at radius 3 is 2.38 bits per heavy atom. The minimum Gasteiger partial charge on any atom is -0.490 e. The highest BCUT2D eigenvalue weighted by Crippen LogP contribution is 2.29. The molecule has 0 atom stereocenters. The molecule has 0 spiro atoms. The fraction of sp³-hybridized carbons (Fsp3) is 0.188. The molecule has 4 aromatic rings. The van der Waals surface area contributed by atoms with Crippen LogP contribution in [0.15, 0.2) is 101 Å². The molecule has 4 rings (SSSR count). The van der Waals surface area contributed by atoms with E-state index in [0.29, 0.717) is 41.0 Å². The van der Waals surface area contributed by atoms with Crippen LogP contribution >= 0.6 is 11.6 Å². The molecule has 0 saturated heterocycles. The fourth-order valence-corrected chi connectivity index (χ4v) is 5.69. The smallest absolute Gasteiger partial charge is 0.264 e. The van der Waals surface area contributed by atoms with Gasteiger partial charge in [0.15, 0.2) is 11.5 Å². The highest BCUT2D eigenvalue weighted by atomic mass is 35.5. The van der Waals surface area contributed by atoms with E-state index in [0.717, 1.165) is 21.0 Å². The number of benzene rings is 4. The van der Waals surface area contributed by atoms with E-state index in [-0.39, 0.29) is 4.90 Å². The number of sulfonamides is 1. The lowest BCUT2D eigenvalue weighted by Gasteiger charge is -2.24. The molecule has 1 amide bonds. The average molecular weight is 606 g/mol. The molecule has 0 fully saturated rings. The summed E-state index contributed by atoms with van der Waals surface area (Å²) in [5.74, 6) is 0.465. The van der Waals surface area contributed by atoms with Gasteiger partial charge >= 0.3 is 0 Å². The summed E-state index contributed by atoms with van der Waals surface area (Å²) >= 11 is 6.06. The van der Waals surface area contributed by atoms with Crippen LogP contribution in [-0.4, -0.2) is 33.7 Å². The van der Waals surface area contributed by atoms with Crippen molar-refractivity contribution in [1.29, 1.82) is 0 Å². The van der Waals surface area contributed by atoms with Crippen molar-refractivity contribution in [2.75, 3.05) is 17.5 Å². The summed E-state index contributed by atoms with van der Waals surface area (Å²) < 4.78 is 39.9. The summed E-state index contributed by atoms with van der Waals surface area (Å²) in [4.78, 5) is 13.0. The summed E-state index contributed by atoms with van der Waals surface area (Å²) in [7, 11) is -4.02. The Kier molecular flexibility index (Phi) is 10.2. The standard InChI is InChI=1S/C32H32ClN3O5S/c1-4-40-31-19-25(13-16-30(31)41-22-26-8-6-9-27(33)18-26)20-34-35-32(37)21-36(28-10-5-7-24(3)17-28)42(38,39)29-14-11-23(2)12-15-29/h5-20H,4,21-22H2,1-3H3,(H,35,37)/b34-20-. The van der Waals surface area contributed by atoms with E-state index in [4.69, 9.17) is 21.1 Å². The number of nitrogens with zero attached hydrogens (tertiary/aromatic N) is 2. The van der Waals surface area contributed by atoms with Crippen LogP contribution in [-0.2, 0) is 21.4 Å². The van der Waals surface area contributed by atoms with Gasteiger partial charge in [0.2, 0.25) is 0 Å². The molecule has 42 heavy (non-hydrogen) atoms. The van der Waals surface area contributed by atoms with Crippen LogP contribution in [0.3, 0.4) is 0 Å². The minimum absolute atomic E-state index is 0.0898. The van der Waals surface area contributed by atoms with E-state index in [1.54, 1.807) is 54.6 Å². The Bertz CT molecular complexity index is 1670. The number of halogens is 1. The van der Waals surface area contributed by atoms with E-state index in [1.165, 1.54) is 18.3 Å². The molecular formula is C32H32ClN3O5S. The SMILES string of the molecule is CCOc1cc(/C=N\NC(=O)CN(c2cccc(C)c2)S(=O)(=O)c2ccc(C)cc2)ccc1OCc1cccc(Cl)c1. The number of hydrazone groups is 1. The molecule has 8 nitrogen and oxygen atoms in total. The normalized spacial score (nSPS) is 11.3. The number of nitrogens with one attached hydrogen (secondary N) is 1. The van der Waals surface area contributed by atoms with Gasteiger partial charge in [-0.25, -0.2) is 13.8 Å². The monoisotopic (exact) mass is 605 g/mol. The third kappa shape index (κ3) is 8.11. The van der Waals surface area contributed by atoms with Crippen molar-refractivity contribution in [3.05, 3.63) is 118 Å². The van der Waals surface area contributed by atoms with E-state index in [2.05, 4.69) is 10.5 Å². The summed E-state index contributed by atoms with van der Waals surface area (Å²) in [6.45, 7) is 5.87. The number of aryl methyl sites for hydroxylation is 2. The first-order valence-corrected chi connectivity index (χ1v) is 15.1. The molecule has 0 radical (unpaired) electrons. The molecule has 0 aliphatic carbocycles. The highest BCUT2D eigenvalue weighted by molar-refractivity contribution is 7.92. The first-order chi connectivity index (χ1) is 20.2. The van der Waals surface area contributed by atoms with Crippen molar-refractivity contribution in [3.8, 4) is 11.5 Å². The zero-order valence-electron chi connectivity index (χ0n) is 23.6. The number of carbonyl (C=O) groups excluding carboxylic acids is 1. The molecule has 4 aromatic carbocycles. The van der Waals surface area contributed by atoms with Gasteiger partial charge in [-0.05, 0) is 92.1 Å². The van der Waals surface area contributed by atoms with Gasteiger partial charge < -0.3 is 9.47 Å². The summed E-state index contributed by atoms with van der Waals surface area (Å²) in [5, 5.41) is 4.68. The van der Waals surface area contributed by atoms with E-state index in [1.807, 2.05) is 45.0 Å². The Hall–Kier alpha value is -4.34. The Morgan fingerprint density at radius 1 is 0.905 bits per heavy atom. The minimum atomic E-state index is -4.02. The Morgan fingerprint density at radius 2 is 1.67 bits per heavy atom. The molecule has 0 unspecified atom stereocenters. The molecule has 1 N–H and O–H groups in total. The molecule has 0 aliphatic heterocycles. The second-order valence-corrected chi connectivity index (χ2v) is 11.8. The maximum absolute atomic E-state index is 13.6. The van der Waals surface area contributed by atoms with Crippen LogP contribution in [0.5, 0.6) is 11.5 Å². The quantitative estimate of drug-likeness (QED) is 0.151. The van der Waals surface area contributed by atoms with Crippen LogP contribution in [0.2, 0.25) is 5.02 Å². The van der Waals surface area contributed by atoms with Gasteiger partial charge in [-0.15, -0.1) is 0 Å². The number of hydrogen-bond acceptors (Lipinski definition) is 6. The first kappa shape index (κ1) is 30.6. The molecule has 218 valence electrons. The molecule has 0 saturated carbocycles. The number of anilines is 1. The first-order valence-electron chi connectivity index (χ1n) is 13.3. The third-order valence-electron chi connectivity index (χ3n) is 6.14. The van der Waals surface area contributed by atoms with Crippen LogP contribution in [0.25, 0.3) is 0 Å². The Balaban J connectivity index is 1.47. The molecular weight excluding hydrogens is 574 g/mol. The predicted molar refractivity (Wildman–Crippen MR) is 166 cm³/mol. The summed E-state index contributed by atoms with van der Waals surface area (Å²) in [6, 6.07) is 26.1. The predicted octanol–water partition coefficient (Wildman–Crippen LogP) is 6.28. The molecule has 0 heterocycles. The lowest BCUT2D eigenvalue weighted by Crippen LogP contribution is -2.39. The topological polar surface area (TPSA) is 97.3 Å². The second-order valence-electron chi connectivity index (χ2n) is 9.51. The zero-order valence-corrected chi connectivity index (χ0v) is 25.2.